The van der Waals surface area contributed by atoms with Crippen molar-refractivity contribution >= 4 is 17.7 Å². The van der Waals surface area contributed by atoms with Crippen molar-refractivity contribution in [2.24, 2.45) is 0 Å². The molecular formula is C30H33N3O9. The van der Waals surface area contributed by atoms with Crippen LogP contribution >= 0.6 is 0 Å². The molecule has 2 aliphatic heterocycles. The number of hydrogen-bond donors (Lipinski definition) is 2. The Morgan fingerprint density at radius 2 is 1.83 bits per heavy atom. The summed E-state index contributed by atoms with van der Waals surface area (Å²) in [7, 11) is 3.01. The van der Waals surface area contributed by atoms with Crippen LogP contribution in [0.15, 0.2) is 59.2 Å². The van der Waals surface area contributed by atoms with Crippen molar-refractivity contribution in [3.63, 3.8) is 0 Å². The molecule has 2 N–H and O–H groups in total. The van der Waals surface area contributed by atoms with Crippen molar-refractivity contribution in [2.45, 2.75) is 31.5 Å². The predicted octanol–water partition coefficient (Wildman–Crippen LogP) is 2.82. The minimum Gasteiger partial charge on any atom is -0.493 e. The highest BCUT2D eigenvalue weighted by atomic mass is 16.7. The van der Waals surface area contributed by atoms with Gasteiger partial charge in [0.1, 0.15) is 6.04 Å². The maximum Gasteiger partial charge on any atom is 0.287 e. The van der Waals surface area contributed by atoms with Gasteiger partial charge in [-0.2, -0.15) is 0 Å². The Morgan fingerprint density at radius 3 is 2.57 bits per heavy atom. The summed E-state index contributed by atoms with van der Waals surface area (Å²) in [5.41, 5.74) is 1.19. The van der Waals surface area contributed by atoms with E-state index in [4.69, 9.17) is 28.1 Å². The number of furan rings is 1. The van der Waals surface area contributed by atoms with Crippen molar-refractivity contribution in [3.8, 4) is 23.0 Å². The van der Waals surface area contributed by atoms with E-state index in [1.54, 1.807) is 42.5 Å². The van der Waals surface area contributed by atoms with Gasteiger partial charge in [0.25, 0.3) is 5.91 Å². The Balaban J connectivity index is 1.48. The predicted molar refractivity (Wildman–Crippen MR) is 148 cm³/mol. The summed E-state index contributed by atoms with van der Waals surface area (Å²) in [6.45, 7) is 0.680. The third-order valence-electron chi connectivity index (χ3n) is 7.07. The van der Waals surface area contributed by atoms with Crippen LogP contribution in [0, 0.1) is 0 Å². The van der Waals surface area contributed by atoms with Crippen LogP contribution in [0.25, 0.3) is 0 Å². The minimum atomic E-state index is -1.09. The van der Waals surface area contributed by atoms with Crippen molar-refractivity contribution in [2.75, 3.05) is 40.7 Å². The minimum absolute atomic E-state index is 0.0262. The van der Waals surface area contributed by atoms with Gasteiger partial charge in [0, 0.05) is 19.7 Å². The summed E-state index contributed by atoms with van der Waals surface area (Å²) in [6.07, 6.45) is 3.02. The molecule has 0 radical (unpaired) electrons. The van der Waals surface area contributed by atoms with E-state index in [2.05, 4.69) is 10.6 Å². The molecule has 1 aromatic heterocycles. The highest BCUT2D eigenvalue weighted by molar-refractivity contribution is 5.95. The molecule has 0 spiro atoms. The van der Waals surface area contributed by atoms with E-state index in [0.29, 0.717) is 47.3 Å². The molecular weight excluding hydrogens is 546 g/mol. The van der Waals surface area contributed by atoms with Crippen LogP contribution < -0.4 is 29.6 Å². The van der Waals surface area contributed by atoms with Crippen LogP contribution in [0.1, 0.15) is 40.6 Å². The highest BCUT2D eigenvalue weighted by Gasteiger charge is 2.33. The molecule has 3 aromatic rings. The normalized spacial score (nSPS) is 16.0. The van der Waals surface area contributed by atoms with E-state index in [1.165, 1.54) is 31.4 Å². The summed E-state index contributed by atoms with van der Waals surface area (Å²) in [5, 5.41) is 5.55. The van der Waals surface area contributed by atoms with Crippen LogP contribution in [0.3, 0.4) is 0 Å². The molecule has 0 bridgehead atoms. The van der Waals surface area contributed by atoms with Crippen molar-refractivity contribution in [3.05, 3.63) is 71.7 Å². The lowest BCUT2D eigenvalue weighted by molar-refractivity contribution is -0.141. The Hall–Kier alpha value is -4.71. The van der Waals surface area contributed by atoms with E-state index in [9.17, 15) is 14.4 Å². The zero-order valence-corrected chi connectivity index (χ0v) is 23.4. The second-order valence-electron chi connectivity index (χ2n) is 9.77. The fourth-order valence-corrected chi connectivity index (χ4v) is 4.92. The van der Waals surface area contributed by atoms with Gasteiger partial charge in [0.05, 0.1) is 33.1 Å². The first kappa shape index (κ1) is 28.8. The van der Waals surface area contributed by atoms with Crippen LogP contribution in [0.4, 0.5) is 0 Å². The number of methoxy groups -OCH3 is 2. The average molecular weight is 580 g/mol. The number of carbonyl (C=O) groups is 3. The quantitative estimate of drug-likeness (QED) is 0.332. The first-order valence-corrected chi connectivity index (χ1v) is 13.6. The topological polar surface area (TPSA) is 138 Å². The lowest BCUT2D eigenvalue weighted by atomic mass is 10.0. The van der Waals surface area contributed by atoms with E-state index >= 15 is 0 Å². The van der Waals surface area contributed by atoms with Gasteiger partial charge in [-0.3, -0.25) is 14.4 Å². The molecule has 2 aromatic carbocycles. The first-order chi connectivity index (χ1) is 20.5. The zero-order chi connectivity index (χ0) is 29.5. The van der Waals surface area contributed by atoms with Crippen LogP contribution in [0.2, 0.25) is 0 Å². The molecule has 3 heterocycles. The van der Waals surface area contributed by atoms with Gasteiger partial charge in [0.2, 0.25) is 18.6 Å². The number of hydrogen-bond acceptors (Lipinski definition) is 9. The number of fused-ring (bicyclic) bond motifs is 1. The number of nitrogens with zero attached hydrogens (tertiary/aromatic N) is 1. The maximum atomic E-state index is 13.9. The second-order valence-corrected chi connectivity index (χ2v) is 9.77. The smallest absolute Gasteiger partial charge is 0.287 e. The number of carbonyl (C=O) groups excluding carboxylic acids is 3. The third-order valence-corrected chi connectivity index (χ3v) is 7.07. The van der Waals surface area contributed by atoms with Crippen molar-refractivity contribution < 1.29 is 42.5 Å². The Kier molecular flexibility index (Phi) is 9.12. The standard InChI is InChI=1S/C30H33N3O9/c1-37-22-10-8-20(14-25(22)38-2)28(30(36)31-15-21-5-3-11-39-21)33(17-19-7-9-23-26(13-19)42-18-41-23)27(34)16-32-29(35)24-6-4-12-40-24/h4,6-10,12-14,21,28H,3,5,11,15-18H2,1-2H3,(H,31,36)(H,32,35)/t21-,28+/m0/s1. The van der Waals surface area contributed by atoms with Gasteiger partial charge in [-0.25, -0.2) is 0 Å². The maximum absolute atomic E-state index is 13.9. The highest BCUT2D eigenvalue weighted by Crippen LogP contribution is 2.35. The lowest BCUT2D eigenvalue weighted by Crippen LogP contribution is -2.48. The van der Waals surface area contributed by atoms with Crippen LogP contribution in [-0.2, 0) is 20.9 Å². The van der Waals surface area contributed by atoms with Crippen LogP contribution in [0.5, 0.6) is 23.0 Å². The van der Waals surface area contributed by atoms with Gasteiger partial charge in [-0.05, 0) is 60.4 Å². The number of rotatable bonds is 12. The molecule has 222 valence electrons. The van der Waals surface area contributed by atoms with E-state index in [1.807, 2.05) is 0 Å². The number of ether oxygens (including phenoxy) is 5. The van der Waals surface area contributed by atoms with Crippen molar-refractivity contribution in [1.29, 1.82) is 0 Å². The summed E-state index contributed by atoms with van der Waals surface area (Å²) in [4.78, 5) is 41.8. The second kappa shape index (κ2) is 13.3. The Bertz CT molecular complexity index is 1400. The van der Waals surface area contributed by atoms with Gasteiger partial charge < -0.3 is 43.6 Å². The molecule has 2 aliphatic rings. The molecule has 42 heavy (non-hydrogen) atoms. The number of nitrogens with one attached hydrogen (secondary N) is 2. The number of benzene rings is 2. The summed E-state index contributed by atoms with van der Waals surface area (Å²) in [5.74, 6) is 0.596. The van der Waals surface area contributed by atoms with Gasteiger partial charge >= 0.3 is 0 Å². The SMILES string of the molecule is COc1ccc([C@H](C(=O)NC[C@@H]2CCCO2)N(Cc2ccc3c(c2)OCO3)C(=O)CNC(=O)c2ccco2)cc1OC. The van der Waals surface area contributed by atoms with Gasteiger partial charge in [-0.15, -0.1) is 0 Å². The van der Waals surface area contributed by atoms with Crippen LogP contribution in [-0.4, -0.2) is 69.4 Å². The molecule has 0 aliphatic carbocycles. The van der Waals surface area contributed by atoms with Gasteiger partial charge in [0.15, 0.2) is 28.8 Å². The summed E-state index contributed by atoms with van der Waals surface area (Å²) in [6, 6.07) is 12.3. The molecule has 0 unspecified atom stereocenters. The largest absolute Gasteiger partial charge is 0.493 e. The Morgan fingerprint density at radius 1 is 1.00 bits per heavy atom. The Labute approximate surface area is 242 Å². The van der Waals surface area contributed by atoms with E-state index < -0.39 is 23.8 Å². The third kappa shape index (κ3) is 6.60. The average Bonchev–Trinajstić information content (AvgIpc) is 3.81. The molecule has 12 nitrogen and oxygen atoms in total. The summed E-state index contributed by atoms with van der Waals surface area (Å²) < 4.78 is 32.7. The van der Waals surface area contributed by atoms with E-state index in [-0.39, 0.29) is 31.7 Å². The fourth-order valence-electron chi connectivity index (χ4n) is 4.92. The monoisotopic (exact) mass is 579 g/mol. The molecule has 12 heteroatoms. The first-order valence-electron chi connectivity index (χ1n) is 13.6. The van der Waals surface area contributed by atoms with Gasteiger partial charge in [-0.1, -0.05) is 12.1 Å². The molecule has 2 atom stereocenters. The molecule has 5 rings (SSSR count). The fraction of sp³-hybridized carbons (Fsp3) is 0.367. The molecule has 1 saturated heterocycles. The zero-order valence-electron chi connectivity index (χ0n) is 23.4. The lowest BCUT2D eigenvalue weighted by Gasteiger charge is -2.32. The van der Waals surface area contributed by atoms with Crippen molar-refractivity contribution in [1.82, 2.24) is 15.5 Å². The molecule has 3 amide bonds. The number of amides is 3. The van der Waals surface area contributed by atoms with E-state index in [0.717, 1.165) is 12.8 Å². The summed E-state index contributed by atoms with van der Waals surface area (Å²) >= 11 is 0. The molecule has 0 saturated carbocycles. The molecule has 1 fully saturated rings.